The molecular weight excluding hydrogens is 597 g/mol. The fourth-order valence-electron chi connectivity index (χ4n) is 7.43. The van der Waals surface area contributed by atoms with Crippen LogP contribution in [0.3, 0.4) is 0 Å². The summed E-state index contributed by atoms with van der Waals surface area (Å²) in [5, 5.41) is 13.8. The van der Waals surface area contributed by atoms with Gasteiger partial charge in [-0.2, -0.15) is 0 Å². The van der Waals surface area contributed by atoms with Crippen LogP contribution in [0.25, 0.3) is 11.1 Å². The first-order valence-corrected chi connectivity index (χ1v) is 16.6. The number of nitrogens with one attached hydrogen (secondary N) is 1. The number of pyridine rings is 2. The number of amides is 1. The zero-order chi connectivity index (χ0) is 32.7. The van der Waals surface area contributed by atoms with Gasteiger partial charge < -0.3 is 34.3 Å². The van der Waals surface area contributed by atoms with Crippen molar-refractivity contribution in [2.75, 3.05) is 54.9 Å². The molecule has 3 aromatic heterocycles. The van der Waals surface area contributed by atoms with Crippen LogP contribution >= 0.6 is 0 Å². The van der Waals surface area contributed by atoms with Gasteiger partial charge in [-0.25, -0.2) is 9.37 Å². The quantitative estimate of drug-likeness (QED) is 0.316. The van der Waals surface area contributed by atoms with E-state index in [1.165, 1.54) is 28.0 Å². The molecule has 0 atom stereocenters. The summed E-state index contributed by atoms with van der Waals surface area (Å²) in [5.41, 5.74) is 5.84. The zero-order valence-electron chi connectivity index (χ0n) is 27.1. The first-order chi connectivity index (χ1) is 22.8. The number of benzene rings is 1. The van der Waals surface area contributed by atoms with E-state index in [2.05, 4.69) is 31.7 Å². The third kappa shape index (κ3) is 6.05. The maximum Gasteiger partial charge on any atom is 0.274 e. The molecule has 3 aliphatic rings. The Labute approximate surface area is 274 Å². The minimum atomic E-state index is -0.531. The first kappa shape index (κ1) is 31.1. The number of nitrogens with zero attached hydrogens (tertiary/aromatic N) is 6. The number of aromatic nitrogens is 3. The van der Waals surface area contributed by atoms with Crippen molar-refractivity contribution in [1.82, 2.24) is 19.0 Å². The Hall–Kier alpha value is -4.48. The molecule has 1 amide bonds. The number of rotatable bonds is 6. The third-order valence-electron chi connectivity index (χ3n) is 9.87. The Morgan fingerprint density at radius 2 is 1.70 bits per heavy atom. The maximum atomic E-state index is 15.4. The molecule has 0 spiro atoms. The minimum Gasteiger partial charge on any atom is -0.392 e. The summed E-state index contributed by atoms with van der Waals surface area (Å²) in [6, 6.07) is 10.2. The average molecular weight is 640 g/mol. The van der Waals surface area contributed by atoms with Crippen LogP contribution in [-0.2, 0) is 33.0 Å². The van der Waals surface area contributed by atoms with Gasteiger partial charge in [0.2, 0.25) is 0 Å². The number of aliphatic hydroxyl groups is 1. The van der Waals surface area contributed by atoms with Gasteiger partial charge in [0, 0.05) is 56.2 Å². The Balaban J connectivity index is 1.18. The highest BCUT2D eigenvalue weighted by Crippen LogP contribution is 2.37. The molecule has 0 saturated carbocycles. The Kier molecular flexibility index (Phi) is 8.59. The van der Waals surface area contributed by atoms with E-state index in [4.69, 9.17) is 0 Å². The number of carbonyl (C=O) groups excluding carboxylic acids is 1. The number of hydrogen-bond acceptors (Lipinski definition) is 7. The molecule has 1 aromatic carbocycles. The second-order valence-electron chi connectivity index (χ2n) is 13.0. The number of aliphatic hydroxyl groups excluding tert-OH is 1. The van der Waals surface area contributed by atoms with Crippen LogP contribution in [0, 0.1) is 5.82 Å². The monoisotopic (exact) mass is 639 g/mol. The molecule has 2 aliphatic heterocycles. The van der Waals surface area contributed by atoms with Gasteiger partial charge in [-0.15, -0.1) is 0 Å². The molecule has 0 bridgehead atoms. The van der Waals surface area contributed by atoms with E-state index in [1.54, 1.807) is 24.2 Å². The smallest absolute Gasteiger partial charge is 0.274 e. The van der Waals surface area contributed by atoms with Crippen molar-refractivity contribution < 1.29 is 14.3 Å². The fraction of sp³-hybridized carbons (Fsp3) is 0.417. The van der Waals surface area contributed by atoms with Crippen LogP contribution in [0.2, 0.25) is 0 Å². The largest absolute Gasteiger partial charge is 0.392 e. The average Bonchev–Trinajstić information content (AvgIpc) is 3.45. The van der Waals surface area contributed by atoms with Crippen molar-refractivity contribution in [3.05, 3.63) is 87.5 Å². The lowest BCUT2D eigenvalue weighted by molar-refractivity contribution is 0.0964. The van der Waals surface area contributed by atoms with E-state index in [0.717, 1.165) is 70.4 Å². The van der Waals surface area contributed by atoms with E-state index < -0.39 is 12.4 Å². The van der Waals surface area contributed by atoms with E-state index in [-0.39, 0.29) is 17.2 Å². The molecule has 47 heavy (non-hydrogen) atoms. The minimum absolute atomic E-state index is 0.197. The molecule has 1 saturated heterocycles. The van der Waals surface area contributed by atoms with Gasteiger partial charge in [-0.3, -0.25) is 9.59 Å². The number of fused-ring (bicyclic) bond motifs is 3. The summed E-state index contributed by atoms with van der Waals surface area (Å²) in [7, 11) is 3.80. The summed E-state index contributed by atoms with van der Waals surface area (Å²) in [6.45, 7) is 4.63. The molecule has 246 valence electrons. The van der Waals surface area contributed by atoms with Crippen LogP contribution in [-0.4, -0.2) is 69.8 Å². The number of carbonyl (C=O) groups is 1. The Bertz CT molecular complexity index is 1860. The molecule has 4 aromatic rings. The molecule has 0 unspecified atom stereocenters. The standard InChI is InChI=1S/C36H42FN7O3/c1-40-11-5-13-42(14-6-12-40)27-9-10-34(38-21-27)39-30-17-25(22-41(2)35(30)46)28-19-26(37)20-32(29(28)23-45)44-16-15-43-31-8-4-3-7-24(31)18-33(43)36(44)47/h9-10,17-22,45H,3-8,11-16,23H2,1-2H3,(H,38,39). The maximum absolute atomic E-state index is 15.4. The first-order valence-electron chi connectivity index (χ1n) is 16.6. The van der Waals surface area contributed by atoms with Crippen LogP contribution in [0.15, 0.2) is 53.6 Å². The SMILES string of the molecule is CN1CCCN(c2ccc(Nc3cc(-c4cc(F)cc(N5CCn6c(cc7c6CCCC7)C5=O)c4CO)cn(C)c3=O)nc2)CCC1. The van der Waals surface area contributed by atoms with Gasteiger partial charge in [-0.1, -0.05) is 0 Å². The molecule has 5 heterocycles. The topological polar surface area (TPSA) is 98.9 Å². The normalized spacial score (nSPS) is 17.2. The lowest BCUT2D eigenvalue weighted by atomic mass is 9.97. The van der Waals surface area contributed by atoms with Crippen LogP contribution in [0.5, 0.6) is 0 Å². The highest BCUT2D eigenvalue weighted by atomic mass is 19.1. The summed E-state index contributed by atoms with van der Waals surface area (Å²) in [5.74, 6) is -0.212. The molecule has 1 fully saturated rings. The Morgan fingerprint density at radius 1 is 0.915 bits per heavy atom. The summed E-state index contributed by atoms with van der Waals surface area (Å²) in [6.07, 6.45) is 9.78. The van der Waals surface area contributed by atoms with Crippen molar-refractivity contribution in [3.8, 4) is 11.1 Å². The van der Waals surface area contributed by atoms with Crippen molar-refractivity contribution in [2.24, 2.45) is 7.05 Å². The summed E-state index contributed by atoms with van der Waals surface area (Å²) < 4.78 is 18.9. The van der Waals surface area contributed by atoms with Crippen molar-refractivity contribution in [1.29, 1.82) is 0 Å². The third-order valence-corrected chi connectivity index (χ3v) is 9.87. The van der Waals surface area contributed by atoms with Gasteiger partial charge in [-0.05, 0) is 106 Å². The highest BCUT2D eigenvalue weighted by molar-refractivity contribution is 6.07. The predicted molar refractivity (Wildman–Crippen MR) is 182 cm³/mol. The number of anilines is 4. The summed E-state index contributed by atoms with van der Waals surface area (Å²) >= 11 is 0. The van der Waals surface area contributed by atoms with Gasteiger partial charge >= 0.3 is 0 Å². The molecular formula is C36H42FN7O3. The number of hydrogen-bond donors (Lipinski definition) is 2. The molecule has 0 radical (unpaired) electrons. The van der Waals surface area contributed by atoms with Gasteiger partial charge in [0.15, 0.2) is 0 Å². The molecule has 1 aliphatic carbocycles. The molecule has 11 heteroatoms. The van der Waals surface area contributed by atoms with Gasteiger partial charge in [0.1, 0.15) is 23.0 Å². The summed E-state index contributed by atoms with van der Waals surface area (Å²) in [4.78, 5) is 37.9. The predicted octanol–water partition coefficient (Wildman–Crippen LogP) is 4.70. The Morgan fingerprint density at radius 3 is 2.45 bits per heavy atom. The van der Waals surface area contributed by atoms with Gasteiger partial charge in [0.25, 0.3) is 11.5 Å². The van der Waals surface area contributed by atoms with Crippen molar-refractivity contribution >= 4 is 28.8 Å². The lowest BCUT2D eigenvalue weighted by Gasteiger charge is -2.31. The van der Waals surface area contributed by atoms with Crippen molar-refractivity contribution in [2.45, 2.75) is 51.7 Å². The van der Waals surface area contributed by atoms with Gasteiger partial charge in [0.05, 0.1) is 24.2 Å². The fourth-order valence-corrected chi connectivity index (χ4v) is 7.43. The number of aryl methyl sites for hydroxylation is 2. The van der Waals surface area contributed by atoms with E-state index >= 15 is 4.39 Å². The van der Waals surface area contributed by atoms with Crippen LogP contribution in [0.4, 0.5) is 27.3 Å². The zero-order valence-corrected chi connectivity index (χ0v) is 27.1. The second-order valence-corrected chi connectivity index (χ2v) is 13.0. The highest BCUT2D eigenvalue weighted by Gasteiger charge is 2.32. The molecule has 2 N–H and O–H groups in total. The molecule has 10 nitrogen and oxygen atoms in total. The van der Waals surface area contributed by atoms with E-state index in [1.807, 2.05) is 24.4 Å². The number of halogens is 1. The lowest BCUT2D eigenvalue weighted by Crippen LogP contribution is -2.41. The van der Waals surface area contributed by atoms with E-state index in [9.17, 15) is 14.7 Å². The molecule has 7 rings (SSSR count). The van der Waals surface area contributed by atoms with Crippen LogP contribution < -0.4 is 20.7 Å². The van der Waals surface area contributed by atoms with Crippen LogP contribution in [0.1, 0.15) is 53.0 Å². The van der Waals surface area contributed by atoms with E-state index in [0.29, 0.717) is 47.0 Å². The second kappa shape index (κ2) is 13.0. The van der Waals surface area contributed by atoms with Crippen molar-refractivity contribution in [3.63, 3.8) is 0 Å².